The first-order chi connectivity index (χ1) is 17.0. The molecule has 2 fully saturated rings. The number of fused-ring (bicyclic) bond motifs is 1. The largest absolute Gasteiger partial charge is 0.380 e. The van der Waals surface area contributed by atoms with E-state index >= 15 is 0 Å². The molecule has 2 aliphatic heterocycles. The van der Waals surface area contributed by atoms with Gasteiger partial charge < -0.3 is 15.0 Å². The lowest BCUT2D eigenvalue weighted by Gasteiger charge is -2.47. The van der Waals surface area contributed by atoms with Gasteiger partial charge in [-0.05, 0) is 25.0 Å². The fraction of sp³-hybridized carbons (Fsp3) is 0.292. The smallest absolute Gasteiger partial charge is 0.151 e. The molecule has 1 spiro atoms. The van der Waals surface area contributed by atoms with Gasteiger partial charge >= 0.3 is 0 Å². The molecule has 4 aromatic rings. The highest BCUT2D eigenvalue weighted by atomic mass is 35.5. The second-order valence-electron chi connectivity index (χ2n) is 8.95. The number of halogens is 2. The van der Waals surface area contributed by atoms with Crippen LogP contribution in [0.25, 0.3) is 16.6 Å². The van der Waals surface area contributed by atoms with Crippen molar-refractivity contribution in [3.63, 3.8) is 0 Å². The van der Waals surface area contributed by atoms with E-state index in [1.807, 2.05) is 12.1 Å². The average molecular weight is 491 g/mol. The molecule has 1 N–H and O–H groups in total. The number of ether oxygens (including phenoxy) is 1. The fourth-order valence-electron chi connectivity index (χ4n) is 4.61. The van der Waals surface area contributed by atoms with Crippen LogP contribution >= 0.6 is 11.6 Å². The normalized spacial score (nSPS) is 16.8. The van der Waals surface area contributed by atoms with Crippen molar-refractivity contribution in [3.8, 4) is 11.8 Å². The number of piperidine rings is 1. The minimum atomic E-state index is -0.636. The molecule has 0 saturated carbocycles. The van der Waals surface area contributed by atoms with E-state index in [2.05, 4.69) is 30.3 Å². The molecule has 0 bridgehead atoms. The van der Waals surface area contributed by atoms with E-state index in [4.69, 9.17) is 21.6 Å². The van der Waals surface area contributed by atoms with Gasteiger partial charge in [0.1, 0.15) is 29.5 Å². The van der Waals surface area contributed by atoms with Gasteiger partial charge in [0.05, 0.1) is 41.6 Å². The Balaban J connectivity index is 1.27. The molecule has 1 aromatic carbocycles. The molecule has 2 aliphatic rings. The second kappa shape index (κ2) is 8.45. The maximum absolute atomic E-state index is 14.8. The van der Waals surface area contributed by atoms with Crippen LogP contribution in [-0.4, -0.2) is 51.0 Å². The number of anilines is 3. The summed E-state index contributed by atoms with van der Waals surface area (Å²) < 4.78 is 21.6. The number of nitrogens with zero attached hydrogens (tertiary/aromatic N) is 7. The highest BCUT2D eigenvalue weighted by Gasteiger charge is 2.41. The number of nitriles is 1. The third kappa shape index (κ3) is 3.92. The molecule has 35 heavy (non-hydrogen) atoms. The molecule has 5 heterocycles. The van der Waals surface area contributed by atoms with Crippen LogP contribution in [0.2, 0.25) is 5.02 Å². The summed E-state index contributed by atoms with van der Waals surface area (Å²) in [5.41, 5.74) is 1.17. The third-order valence-electron chi connectivity index (χ3n) is 6.68. The lowest BCUT2D eigenvalue weighted by atomic mass is 9.77. The van der Waals surface area contributed by atoms with Crippen LogP contribution in [0.1, 0.15) is 18.4 Å². The summed E-state index contributed by atoms with van der Waals surface area (Å²) in [5, 5.41) is 17.4. The van der Waals surface area contributed by atoms with Gasteiger partial charge in [0.2, 0.25) is 0 Å². The van der Waals surface area contributed by atoms with E-state index < -0.39 is 5.82 Å². The van der Waals surface area contributed by atoms with Crippen LogP contribution < -0.4 is 10.2 Å². The standard InChI is InChI=1S/C24H20ClFN8O/c25-17-5-15(9-27)6-18(26)23(17)34-19-7-20(28-10-16(19)11-31-34)32-21-8-22(30-14-29-21)33-3-1-24(2-4-33)12-35-13-24/h5-8,10-11,14H,1-4,12-13H2,(H,28,29,30,32). The average Bonchev–Trinajstić information content (AvgIpc) is 3.26. The molecule has 176 valence electrons. The van der Waals surface area contributed by atoms with E-state index in [9.17, 15) is 4.39 Å². The molecule has 0 atom stereocenters. The van der Waals surface area contributed by atoms with E-state index in [1.165, 1.54) is 17.1 Å². The Labute approximate surface area is 205 Å². The molecule has 0 unspecified atom stereocenters. The number of rotatable bonds is 4. The van der Waals surface area contributed by atoms with Crippen molar-refractivity contribution in [3.05, 3.63) is 59.4 Å². The number of aromatic nitrogens is 5. The van der Waals surface area contributed by atoms with Gasteiger partial charge in [-0.15, -0.1) is 0 Å². The summed E-state index contributed by atoms with van der Waals surface area (Å²) in [5.74, 6) is 1.33. The fourth-order valence-corrected chi connectivity index (χ4v) is 4.90. The lowest BCUT2D eigenvalue weighted by molar-refractivity contribution is -0.124. The Morgan fingerprint density at radius 3 is 2.57 bits per heavy atom. The van der Waals surface area contributed by atoms with Crippen molar-refractivity contribution < 1.29 is 9.13 Å². The van der Waals surface area contributed by atoms with Crippen LogP contribution in [0.4, 0.5) is 21.8 Å². The lowest BCUT2D eigenvalue weighted by Crippen LogP contribution is -2.51. The summed E-state index contributed by atoms with van der Waals surface area (Å²) in [6.07, 6.45) is 6.94. The Morgan fingerprint density at radius 2 is 1.86 bits per heavy atom. The minimum absolute atomic E-state index is 0.0712. The number of hydrogen-bond acceptors (Lipinski definition) is 8. The van der Waals surface area contributed by atoms with Crippen LogP contribution in [0, 0.1) is 22.6 Å². The molecule has 11 heteroatoms. The van der Waals surface area contributed by atoms with Crippen molar-refractivity contribution >= 4 is 40.0 Å². The maximum atomic E-state index is 14.8. The van der Waals surface area contributed by atoms with Crippen molar-refractivity contribution in [1.29, 1.82) is 5.26 Å². The summed E-state index contributed by atoms with van der Waals surface area (Å²) in [4.78, 5) is 15.5. The minimum Gasteiger partial charge on any atom is -0.380 e. The number of nitrogens with one attached hydrogen (secondary N) is 1. The molecule has 0 amide bonds. The van der Waals surface area contributed by atoms with Gasteiger partial charge in [-0.2, -0.15) is 10.4 Å². The van der Waals surface area contributed by atoms with Crippen molar-refractivity contribution in [1.82, 2.24) is 24.7 Å². The maximum Gasteiger partial charge on any atom is 0.151 e. The Morgan fingerprint density at radius 1 is 1.06 bits per heavy atom. The predicted octanol–water partition coefficient (Wildman–Crippen LogP) is 4.24. The second-order valence-corrected chi connectivity index (χ2v) is 9.36. The quantitative estimate of drug-likeness (QED) is 0.453. The Hall–Kier alpha value is -3.81. The van der Waals surface area contributed by atoms with E-state index in [1.54, 1.807) is 18.5 Å². The molecule has 9 nitrogen and oxygen atoms in total. The van der Waals surface area contributed by atoms with Crippen LogP contribution in [0.15, 0.2) is 43.0 Å². The van der Waals surface area contributed by atoms with Gasteiger partial charge in [-0.3, -0.25) is 0 Å². The molecule has 2 saturated heterocycles. The summed E-state index contributed by atoms with van der Waals surface area (Å²) in [6.45, 7) is 3.58. The topological polar surface area (TPSA) is 105 Å². The monoisotopic (exact) mass is 490 g/mol. The zero-order chi connectivity index (χ0) is 24.0. The van der Waals surface area contributed by atoms with Gasteiger partial charge in [-0.1, -0.05) is 11.6 Å². The van der Waals surface area contributed by atoms with Crippen molar-refractivity contribution in [2.45, 2.75) is 12.8 Å². The molecule has 0 radical (unpaired) electrons. The first kappa shape index (κ1) is 21.7. The van der Waals surface area contributed by atoms with Crippen LogP contribution in [-0.2, 0) is 4.74 Å². The SMILES string of the molecule is N#Cc1cc(F)c(-n2ncc3cnc(Nc4cc(N5CCC6(CC5)COC6)ncn4)cc32)c(Cl)c1. The number of benzene rings is 1. The molecular formula is C24H20ClFN8O. The molecule has 3 aromatic heterocycles. The first-order valence-corrected chi connectivity index (χ1v) is 11.6. The van der Waals surface area contributed by atoms with Gasteiger partial charge in [-0.25, -0.2) is 24.0 Å². The molecule has 6 rings (SSSR count). The first-order valence-electron chi connectivity index (χ1n) is 11.2. The zero-order valence-corrected chi connectivity index (χ0v) is 19.3. The highest BCUT2D eigenvalue weighted by Crippen LogP contribution is 2.39. The van der Waals surface area contributed by atoms with Crippen LogP contribution in [0.5, 0.6) is 0 Å². The summed E-state index contributed by atoms with van der Waals surface area (Å²) in [6, 6.07) is 8.10. The van der Waals surface area contributed by atoms with Gasteiger partial charge in [0, 0.05) is 42.2 Å². The van der Waals surface area contributed by atoms with E-state index in [0.717, 1.165) is 51.0 Å². The van der Waals surface area contributed by atoms with E-state index in [-0.39, 0.29) is 16.3 Å². The molecule has 0 aliphatic carbocycles. The highest BCUT2D eigenvalue weighted by molar-refractivity contribution is 6.32. The van der Waals surface area contributed by atoms with Crippen LogP contribution in [0.3, 0.4) is 0 Å². The van der Waals surface area contributed by atoms with Crippen molar-refractivity contribution in [2.24, 2.45) is 5.41 Å². The van der Waals surface area contributed by atoms with Gasteiger partial charge in [0.25, 0.3) is 0 Å². The summed E-state index contributed by atoms with van der Waals surface area (Å²) >= 11 is 6.28. The number of pyridine rings is 1. The van der Waals surface area contributed by atoms with Crippen molar-refractivity contribution in [2.75, 3.05) is 36.5 Å². The zero-order valence-electron chi connectivity index (χ0n) is 18.6. The number of hydrogen-bond donors (Lipinski definition) is 1. The third-order valence-corrected chi connectivity index (χ3v) is 6.97. The van der Waals surface area contributed by atoms with Gasteiger partial charge in [0.15, 0.2) is 5.82 Å². The Bertz CT molecular complexity index is 1450. The predicted molar refractivity (Wildman–Crippen MR) is 129 cm³/mol. The molecular weight excluding hydrogens is 471 g/mol. The summed E-state index contributed by atoms with van der Waals surface area (Å²) in [7, 11) is 0. The Kier molecular flexibility index (Phi) is 5.24. The van der Waals surface area contributed by atoms with E-state index in [0.29, 0.717) is 28.0 Å².